The van der Waals surface area contributed by atoms with E-state index in [4.69, 9.17) is 9.47 Å². The Morgan fingerprint density at radius 3 is 2.20 bits per heavy atom. The number of ether oxygens (including phenoxy) is 2. The van der Waals surface area contributed by atoms with E-state index in [1.54, 1.807) is 4.90 Å². The van der Waals surface area contributed by atoms with Gasteiger partial charge in [0, 0.05) is 49.9 Å². The second kappa shape index (κ2) is 16.1. The average Bonchev–Trinajstić information content (AvgIpc) is 3.33. The third kappa shape index (κ3) is 7.88. The van der Waals surface area contributed by atoms with Gasteiger partial charge in [-0.3, -0.25) is 19.4 Å². The van der Waals surface area contributed by atoms with E-state index in [9.17, 15) is 14.7 Å². The molecule has 0 spiro atoms. The van der Waals surface area contributed by atoms with Crippen LogP contribution in [0.2, 0.25) is 0 Å². The molecular formula is C45H50N4O5. The van der Waals surface area contributed by atoms with Gasteiger partial charge in [-0.1, -0.05) is 55.1 Å². The number of rotatable bonds is 11. The summed E-state index contributed by atoms with van der Waals surface area (Å²) in [6.45, 7) is 11.2. The first kappa shape index (κ1) is 35.9. The molecule has 4 aromatic carbocycles. The van der Waals surface area contributed by atoms with Gasteiger partial charge < -0.3 is 24.8 Å². The summed E-state index contributed by atoms with van der Waals surface area (Å²) in [5.74, 6) is 2.33. The fourth-order valence-corrected chi connectivity index (χ4v) is 8.83. The van der Waals surface area contributed by atoms with Crippen molar-refractivity contribution in [2.45, 2.75) is 56.5 Å². The molecule has 0 unspecified atom stereocenters. The molecule has 2 amide bonds. The second-order valence-electron chi connectivity index (χ2n) is 15.1. The van der Waals surface area contributed by atoms with Crippen molar-refractivity contribution in [2.24, 2.45) is 0 Å². The fourth-order valence-electron chi connectivity index (χ4n) is 8.83. The molecule has 9 heteroatoms. The van der Waals surface area contributed by atoms with Crippen LogP contribution in [-0.2, 0) is 17.8 Å². The highest BCUT2D eigenvalue weighted by Gasteiger charge is 2.38. The number of hydrogen-bond donors (Lipinski definition) is 2. The number of benzene rings is 4. The molecule has 54 heavy (non-hydrogen) atoms. The van der Waals surface area contributed by atoms with Crippen LogP contribution in [0.15, 0.2) is 103 Å². The summed E-state index contributed by atoms with van der Waals surface area (Å²) in [6.07, 6.45) is 4.38. The lowest BCUT2D eigenvalue weighted by Gasteiger charge is -2.35. The molecule has 2 saturated heterocycles. The smallest absolute Gasteiger partial charge is 0.255 e. The number of phenols is 1. The molecule has 3 atom stereocenters. The van der Waals surface area contributed by atoms with Crippen LogP contribution < -0.4 is 14.8 Å². The zero-order valence-electron chi connectivity index (χ0n) is 30.9. The third-order valence-electron chi connectivity index (χ3n) is 11.7. The molecule has 2 fully saturated rings. The van der Waals surface area contributed by atoms with Gasteiger partial charge in [-0.05, 0) is 121 Å². The van der Waals surface area contributed by atoms with Gasteiger partial charge in [-0.15, -0.1) is 0 Å². The number of carbonyl (C=O) groups is 2. The minimum Gasteiger partial charge on any atom is -0.508 e. The highest BCUT2D eigenvalue weighted by molar-refractivity contribution is 6.01. The highest BCUT2D eigenvalue weighted by atomic mass is 16.5. The molecule has 1 aliphatic carbocycles. The molecule has 2 N–H and O–H groups in total. The van der Waals surface area contributed by atoms with E-state index in [1.165, 1.54) is 22.3 Å². The van der Waals surface area contributed by atoms with Crippen molar-refractivity contribution in [1.82, 2.24) is 20.0 Å². The molecule has 8 rings (SSSR count). The van der Waals surface area contributed by atoms with Gasteiger partial charge in [0.25, 0.3) is 5.91 Å². The number of allylic oxidation sites excluding steroid dienone is 1. The van der Waals surface area contributed by atoms with E-state index in [1.807, 2.05) is 30.3 Å². The van der Waals surface area contributed by atoms with E-state index in [2.05, 4.69) is 82.4 Å². The number of hydrogen-bond acceptors (Lipinski definition) is 7. The largest absolute Gasteiger partial charge is 0.508 e. The first-order chi connectivity index (χ1) is 26.4. The Morgan fingerprint density at radius 2 is 1.46 bits per heavy atom. The van der Waals surface area contributed by atoms with Crippen LogP contribution in [0.4, 0.5) is 0 Å². The van der Waals surface area contributed by atoms with Crippen molar-refractivity contribution >= 4 is 11.8 Å². The zero-order chi connectivity index (χ0) is 37.0. The van der Waals surface area contributed by atoms with Crippen LogP contribution >= 0.6 is 0 Å². The molecule has 9 nitrogen and oxygen atoms in total. The number of fused-ring (bicyclic) bond motifs is 2. The first-order valence-corrected chi connectivity index (χ1v) is 19.5. The lowest BCUT2D eigenvalue weighted by Crippen LogP contribution is -2.49. The lowest BCUT2D eigenvalue weighted by molar-refractivity contribution is -0.126. The summed E-state index contributed by atoms with van der Waals surface area (Å²) in [5.41, 5.74) is 7.44. The lowest BCUT2D eigenvalue weighted by atomic mass is 9.69. The van der Waals surface area contributed by atoms with Crippen molar-refractivity contribution in [1.29, 1.82) is 0 Å². The van der Waals surface area contributed by atoms with E-state index >= 15 is 0 Å². The van der Waals surface area contributed by atoms with Crippen molar-refractivity contribution in [2.75, 3.05) is 52.5 Å². The molecule has 3 aliphatic heterocycles. The van der Waals surface area contributed by atoms with Gasteiger partial charge >= 0.3 is 0 Å². The van der Waals surface area contributed by atoms with Crippen LogP contribution in [0.1, 0.15) is 75.7 Å². The van der Waals surface area contributed by atoms with Gasteiger partial charge in [0.1, 0.15) is 36.5 Å². The van der Waals surface area contributed by atoms with E-state index in [-0.39, 0.29) is 17.7 Å². The maximum Gasteiger partial charge on any atom is 0.255 e. The van der Waals surface area contributed by atoms with Gasteiger partial charge in [0.2, 0.25) is 5.91 Å². The third-order valence-corrected chi connectivity index (χ3v) is 11.7. The van der Waals surface area contributed by atoms with Gasteiger partial charge in [-0.25, -0.2) is 0 Å². The van der Waals surface area contributed by atoms with E-state index in [0.717, 1.165) is 75.6 Å². The summed E-state index contributed by atoms with van der Waals surface area (Å²) in [5, 5.41) is 13.0. The first-order valence-electron chi connectivity index (χ1n) is 19.5. The average molecular weight is 727 g/mol. The predicted molar refractivity (Wildman–Crippen MR) is 209 cm³/mol. The van der Waals surface area contributed by atoms with Crippen LogP contribution in [0.5, 0.6) is 17.2 Å². The molecular weight excluding hydrogens is 677 g/mol. The zero-order valence-corrected chi connectivity index (χ0v) is 30.9. The Kier molecular flexibility index (Phi) is 10.7. The van der Waals surface area contributed by atoms with Crippen molar-refractivity contribution in [3.05, 3.63) is 137 Å². The normalized spacial score (nSPS) is 22.0. The Labute approximate surface area is 318 Å². The molecule has 3 heterocycles. The van der Waals surface area contributed by atoms with Gasteiger partial charge in [0.05, 0.1) is 0 Å². The summed E-state index contributed by atoms with van der Waals surface area (Å²) >= 11 is 0. The van der Waals surface area contributed by atoms with Crippen molar-refractivity contribution < 1.29 is 24.2 Å². The van der Waals surface area contributed by atoms with Crippen molar-refractivity contribution in [3.63, 3.8) is 0 Å². The molecule has 0 aromatic heterocycles. The molecule has 4 aromatic rings. The second-order valence-corrected chi connectivity index (χ2v) is 15.1. The fraction of sp³-hybridized carbons (Fsp3) is 0.378. The number of nitrogens with one attached hydrogen (secondary N) is 1. The van der Waals surface area contributed by atoms with Crippen LogP contribution in [-0.4, -0.2) is 90.1 Å². The highest BCUT2D eigenvalue weighted by Crippen LogP contribution is 2.47. The molecule has 0 radical (unpaired) electrons. The molecule has 0 saturated carbocycles. The quantitative estimate of drug-likeness (QED) is 0.183. The number of aromatic hydroxyl groups is 1. The Bertz CT molecular complexity index is 1980. The minimum atomic E-state index is -0.461. The topological polar surface area (TPSA) is 94.6 Å². The predicted octanol–water partition coefficient (Wildman–Crippen LogP) is 6.47. The molecule has 0 bridgehead atoms. The van der Waals surface area contributed by atoms with Gasteiger partial charge in [0.15, 0.2) is 0 Å². The SMILES string of the molecule is C=C1CC[C@H](N2Cc3cc(OCCN4CCCN(CCOc5ccc([C@@H]6c7ccc(O)cc7CC[C@@H]6c6ccccc6)cc5)CC4)ccc3C2=O)C(=O)N1. The van der Waals surface area contributed by atoms with Crippen LogP contribution in [0.3, 0.4) is 0 Å². The van der Waals surface area contributed by atoms with Crippen LogP contribution in [0, 0.1) is 0 Å². The molecule has 4 aliphatic rings. The van der Waals surface area contributed by atoms with Crippen LogP contribution in [0.25, 0.3) is 0 Å². The minimum absolute atomic E-state index is 0.0943. The Hall–Kier alpha value is -5.12. The number of piperidine rings is 1. The number of amides is 2. The number of aryl methyl sites for hydroxylation is 1. The van der Waals surface area contributed by atoms with E-state index in [0.29, 0.717) is 55.5 Å². The van der Waals surface area contributed by atoms with Gasteiger partial charge in [-0.2, -0.15) is 0 Å². The number of nitrogens with zero attached hydrogens (tertiary/aromatic N) is 3. The molecule has 280 valence electrons. The standard InChI is InChI=1S/C45H50N4O5/c1-31-8-19-42(44(51)46-31)49-30-35-29-38(15-18-41(35)45(49)52)54-27-25-48-21-5-20-47(22-23-48)24-26-53-37-13-9-33(10-14-37)43-39(32-6-3-2-4-7-32)16-11-34-28-36(50)12-17-40(34)43/h2-4,6-7,9-10,12-15,17-18,28-29,39,42-43,50H,1,5,8,11,16,19-27,30H2,(H,46,51)/t39-,42+,43+/m1/s1. The number of carbonyl (C=O) groups excluding carboxylic acids is 2. The maximum absolute atomic E-state index is 13.1. The maximum atomic E-state index is 13.1. The Balaban J connectivity index is 0.792. The van der Waals surface area contributed by atoms with E-state index < -0.39 is 6.04 Å². The summed E-state index contributed by atoms with van der Waals surface area (Å²) in [6, 6.07) is 30.5. The summed E-state index contributed by atoms with van der Waals surface area (Å²) < 4.78 is 12.4. The van der Waals surface area contributed by atoms with Crippen molar-refractivity contribution in [3.8, 4) is 17.2 Å². The summed E-state index contributed by atoms with van der Waals surface area (Å²) in [4.78, 5) is 32.2. The monoisotopic (exact) mass is 726 g/mol. The summed E-state index contributed by atoms with van der Waals surface area (Å²) in [7, 11) is 0. The number of phenolic OH excluding ortho intramolecular Hbond substituents is 1. The Morgan fingerprint density at radius 1 is 0.741 bits per heavy atom.